The fraction of sp³-hybridized carbons (Fsp3) is 0.857. The van der Waals surface area contributed by atoms with Gasteiger partial charge in [-0.1, -0.05) is 21.8 Å². The monoisotopic (exact) mass is 162 g/mol. The Bertz CT molecular complexity index is 102. The molecule has 0 atom stereocenters. The number of nitrogens with zero attached hydrogens (tertiary/aromatic N) is 1. The molecule has 0 saturated heterocycles. The lowest BCUT2D eigenvalue weighted by Crippen LogP contribution is -2.09. The minimum atomic E-state index is 0. The smallest absolute Gasteiger partial charge is 0.107 e. The largest absolute Gasteiger partial charge is 0.317 e. The average Bonchev–Trinajstić information content (AvgIpc) is 2.19. The van der Waals surface area contributed by atoms with E-state index in [1.165, 1.54) is 6.42 Å². The van der Waals surface area contributed by atoms with Crippen LogP contribution in [0.2, 0.25) is 0 Å². The van der Waals surface area contributed by atoms with Crippen LogP contribution in [0, 0.1) is 0 Å². The summed E-state index contributed by atoms with van der Waals surface area (Å²) in [6, 6.07) is 0. The third-order valence-corrected chi connectivity index (χ3v) is 1.63. The van der Waals surface area contributed by atoms with Crippen molar-refractivity contribution in [2.24, 2.45) is 4.99 Å². The zero-order valence-corrected chi connectivity index (χ0v) is 5.79. The van der Waals surface area contributed by atoms with Crippen molar-refractivity contribution >= 4 is 17.8 Å². The molecule has 1 aliphatic heterocycles. The predicted octanol–water partition coefficient (Wildman–Crippen LogP) is 2.67. The lowest BCUT2D eigenvalue weighted by Gasteiger charge is -1.94. The minimum absolute atomic E-state index is 0. The SMILES string of the molecule is C.C.CCCC1=NCSN1. The molecule has 0 aromatic rings. The van der Waals surface area contributed by atoms with Crippen LogP contribution in [0.25, 0.3) is 0 Å². The first-order valence-electron chi connectivity index (χ1n) is 2.84. The van der Waals surface area contributed by atoms with E-state index in [0.29, 0.717) is 0 Å². The summed E-state index contributed by atoms with van der Waals surface area (Å²) in [6.45, 7) is 2.16. The molecule has 0 aliphatic carbocycles. The molecule has 0 spiro atoms. The molecule has 1 aliphatic rings. The summed E-state index contributed by atoms with van der Waals surface area (Å²) >= 11 is 1.67. The highest BCUT2D eigenvalue weighted by Crippen LogP contribution is 2.05. The zero-order valence-electron chi connectivity index (χ0n) is 4.98. The molecule has 2 nitrogen and oxygen atoms in total. The molecule has 0 aromatic heterocycles. The summed E-state index contributed by atoms with van der Waals surface area (Å²) in [7, 11) is 0. The fourth-order valence-corrected chi connectivity index (χ4v) is 1.24. The Balaban J connectivity index is 0. The number of nitrogens with one attached hydrogen (secondary N) is 1. The van der Waals surface area contributed by atoms with E-state index in [1.54, 1.807) is 11.9 Å². The molecular formula is C7H18N2S. The van der Waals surface area contributed by atoms with Gasteiger partial charge in [-0.05, 0) is 18.4 Å². The van der Waals surface area contributed by atoms with Gasteiger partial charge in [0.05, 0.1) is 0 Å². The van der Waals surface area contributed by atoms with Gasteiger partial charge in [-0.25, -0.2) is 0 Å². The summed E-state index contributed by atoms with van der Waals surface area (Å²) in [4.78, 5) is 4.19. The van der Waals surface area contributed by atoms with E-state index in [4.69, 9.17) is 0 Å². The minimum Gasteiger partial charge on any atom is -0.317 e. The molecule has 62 valence electrons. The van der Waals surface area contributed by atoms with Crippen molar-refractivity contribution < 1.29 is 0 Å². The first-order chi connectivity index (χ1) is 3.93. The van der Waals surface area contributed by atoms with E-state index in [0.717, 1.165) is 18.1 Å². The second kappa shape index (κ2) is 6.93. The second-order valence-electron chi connectivity index (χ2n) is 1.73. The predicted molar refractivity (Wildman–Crippen MR) is 51.4 cm³/mol. The highest BCUT2D eigenvalue weighted by molar-refractivity contribution is 7.98. The van der Waals surface area contributed by atoms with Gasteiger partial charge in [0.15, 0.2) is 0 Å². The molecule has 3 heteroatoms. The van der Waals surface area contributed by atoms with Crippen LogP contribution < -0.4 is 4.72 Å². The van der Waals surface area contributed by atoms with Crippen LogP contribution in [-0.2, 0) is 0 Å². The Morgan fingerprint density at radius 1 is 1.60 bits per heavy atom. The lowest BCUT2D eigenvalue weighted by molar-refractivity contribution is 0.976. The number of hydrogen-bond acceptors (Lipinski definition) is 3. The van der Waals surface area contributed by atoms with Crippen LogP contribution in [0.1, 0.15) is 34.6 Å². The molecule has 0 fully saturated rings. The van der Waals surface area contributed by atoms with E-state index in [1.807, 2.05) is 0 Å². The van der Waals surface area contributed by atoms with Crippen molar-refractivity contribution in [3.63, 3.8) is 0 Å². The Hall–Kier alpha value is -0.180. The van der Waals surface area contributed by atoms with Gasteiger partial charge in [-0.3, -0.25) is 4.99 Å². The Kier molecular flexibility index (Phi) is 8.66. The van der Waals surface area contributed by atoms with Crippen LogP contribution in [0.5, 0.6) is 0 Å². The first kappa shape index (κ1) is 12.5. The van der Waals surface area contributed by atoms with Crippen molar-refractivity contribution in [3.8, 4) is 0 Å². The van der Waals surface area contributed by atoms with Crippen molar-refractivity contribution in [2.75, 3.05) is 5.88 Å². The zero-order chi connectivity index (χ0) is 5.82. The summed E-state index contributed by atoms with van der Waals surface area (Å²) in [5.74, 6) is 2.06. The van der Waals surface area contributed by atoms with Crippen LogP contribution in [0.15, 0.2) is 4.99 Å². The van der Waals surface area contributed by atoms with Gasteiger partial charge in [-0.15, -0.1) is 0 Å². The highest BCUT2D eigenvalue weighted by atomic mass is 32.2. The first-order valence-corrected chi connectivity index (χ1v) is 3.83. The number of amidine groups is 1. The van der Waals surface area contributed by atoms with Crippen molar-refractivity contribution in [2.45, 2.75) is 34.6 Å². The molecular weight excluding hydrogens is 144 g/mol. The molecule has 0 radical (unpaired) electrons. The van der Waals surface area contributed by atoms with Gasteiger partial charge in [-0.2, -0.15) is 0 Å². The van der Waals surface area contributed by atoms with Crippen LogP contribution in [0.3, 0.4) is 0 Å². The van der Waals surface area contributed by atoms with Gasteiger partial charge in [0.25, 0.3) is 0 Å². The van der Waals surface area contributed by atoms with Gasteiger partial charge in [0.1, 0.15) is 11.7 Å². The lowest BCUT2D eigenvalue weighted by atomic mass is 10.3. The van der Waals surface area contributed by atoms with Gasteiger partial charge in [0, 0.05) is 6.42 Å². The summed E-state index contributed by atoms with van der Waals surface area (Å²) < 4.78 is 3.12. The number of aliphatic imine (C=N–C) groups is 1. The summed E-state index contributed by atoms with van der Waals surface area (Å²) in [5, 5.41) is 0. The van der Waals surface area contributed by atoms with E-state index in [-0.39, 0.29) is 14.9 Å². The highest BCUT2D eigenvalue weighted by Gasteiger charge is 2.01. The van der Waals surface area contributed by atoms with Crippen molar-refractivity contribution in [3.05, 3.63) is 0 Å². The third kappa shape index (κ3) is 3.77. The van der Waals surface area contributed by atoms with Crippen LogP contribution in [0.4, 0.5) is 0 Å². The standard InChI is InChI=1S/C5H10N2S.2CH4/c1-2-3-5-6-4-8-7-5;;/h2-4H2,1H3,(H,6,7);2*1H4. The van der Waals surface area contributed by atoms with Crippen molar-refractivity contribution in [1.29, 1.82) is 0 Å². The van der Waals surface area contributed by atoms with Gasteiger partial charge in [0.2, 0.25) is 0 Å². The maximum atomic E-state index is 4.19. The van der Waals surface area contributed by atoms with Gasteiger partial charge >= 0.3 is 0 Å². The number of hydrogen-bond donors (Lipinski definition) is 1. The topological polar surface area (TPSA) is 24.4 Å². The van der Waals surface area contributed by atoms with E-state index < -0.39 is 0 Å². The Morgan fingerprint density at radius 2 is 2.30 bits per heavy atom. The van der Waals surface area contributed by atoms with Gasteiger partial charge < -0.3 is 4.72 Å². The molecule has 0 aromatic carbocycles. The molecule has 10 heavy (non-hydrogen) atoms. The van der Waals surface area contributed by atoms with E-state index in [9.17, 15) is 0 Å². The quantitative estimate of drug-likeness (QED) is 0.631. The fourth-order valence-electron chi connectivity index (χ4n) is 0.625. The molecule has 0 bridgehead atoms. The van der Waals surface area contributed by atoms with Crippen LogP contribution in [-0.4, -0.2) is 11.7 Å². The summed E-state index contributed by atoms with van der Waals surface area (Å²) in [6.07, 6.45) is 2.29. The Morgan fingerprint density at radius 3 is 2.70 bits per heavy atom. The summed E-state index contributed by atoms with van der Waals surface area (Å²) in [5.41, 5.74) is 0. The van der Waals surface area contributed by atoms with Crippen LogP contribution >= 0.6 is 11.9 Å². The molecule has 0 unspecified atom stereocenters. The third-order valence-electron chi connectivity index (χ3n) is 0.997. The maximum Gasteiger partial charge on any atom is 0.107 e. The normalized spacial score (nSPS) is 14.3. The maximum absolute atomic E-state index is 4.19. The number of rotatable bonds is 2. The second-order valence-corrected chi connectivity index (χ2v) is 2.48. The molecule has 1 N–H and O–H groups in total. The molecule has 1 rings (SSSR count). The Labute approximate surface area is 68.6 Å². The van der Waals surface area contributed by atoms with E-state index in [2.05, 4.69) is 16.6 Å². The molecule has 1 heterocycles. The van der Waals surface area contributed by atoms with Crippen molar-refractivity contribution in [1.82, 2.24) is 4.72 Å². The average molecular weight is 162 g/mol. The van der Waals surface area contributed by atoms with E-state index >= 15 is 0 Å². The molecule has 0 saturated carbocycles. The molecule has 0 amide bonds.